The number of aliphatic carboxylic acids is 1. The van der Waals surface area contributed by atoms with Gasteiger partial charge in [0.25, 0.3) is 0 Å². The summed E-state index contributed by atoms with van der Waals surface area (Å²) in [4.78, 5) is 11.2. The Morgan fingerprint density at radius 2 is 1.63 bits per heavy atom. The number of hydrogen-bond donors (Lipinski definition) is 1. The van der Waals surface area contributed by atoms with E-state index in [1.165, 1.54) is 0 Å². The quantitative estimate of drug-likeness (QED) is 0.706. The molecule has 0 bridgehead atoms. The van der Waals surface area contributed by atoms with E-state index in [2.05, 4.69) is 0 Å². The molecule has 1 N–H and O–H groups in total. The summed E-state index contributed by atoms with van der Waals surface area (Å²) in [7, 11) is -2.88. The molecule has 0 amide bonds. The summed E-state index contributed by atoms with van der Waals surface area (Å²) in [6, 6.07) is 9.44. The molecule has 106 valence electrons. The Hall–Kier alpha value is -1.17. The Kier molecular flexibility index (Phi) is 6.76. The summed E-state index contributed by atoms with van der Waals surface area (Å²) in [5.74, 6) is -0.872. The van der Waals surface area contributed by atoms with Crippen LogP contribution in [0.15, 0.2) is 30.3 Å². The van der Waals surface area contributed by atoms with Crippen LogP contribution in [0.1, 0.15) is 26.7 Å². The fraction of sp³-hybridized carbons (Fsp3) is 0.500. The minimum absolute atomic E-state index is 0.0585. The van der Waals surface area contributed by atoms with Gasteiger partial charge in [0.1, 0.15) is 0 Å². The Bertz CT molecular complexity index is 372. The number of hydrogen-bond acceptors (Lipinski definition) is 3. The molecule has 0 radical (unpaired) electrons. The van der Waals surface area contributed by atoms with Gasteiger partial charge in [-0.1, -0.05) is 44.2 Å². The molecular weight excluding hydrogens is 260 g/mol. The van der Waals surface area contributed by atoms with Gasteiger partial charge in [-0.3, -0.25) is 4.79 Å². The molecule has 0 saturated heterocycles. The molecular formula is C14H22O4Si. The maximum absolute atomic E-state index is 11.2. The summed E-state index contributed by atoms with van der Waals surface area (Å²) < 4.78 is 11.8. The van der Waals surface area contributed by atoms with Gasteiger partial charge in [-0.2, -0.15) is 0 Å². The highest BCUT2D eigenvalue weighted by Crippen LogP contribution is 2.15. The van der Waals surface area contributed by atoms with E-state index in [1.807, 2.05) is 44.2 Å². The highest BCUT2D eigenvalue weighted by atomic mass is 28.4. The van der Waals surface area contributed by atoms with Crippen LogP contribution in [0.5, 0.6) is 0 Å². The van der Waals surface area contributed by atoms with Crippen LogP contribution >= 0.6 is 0 Å². The van der Waals surface area contributed by atoms with Gasteiger partial charge in [-0.05, 0) is 18.0 Å². The molecule has 0 spiro atoms. The Morgan fingerprint density at radius 3 is 2.05 bits per heavy atom. The lowest BCUT2D eigenvalue weighted by atomic mass is 10.4. The first-order chi connectivity index (χ1) is 9.14. The highest BCUT2D eigenvalue weighted by Gasteiger charge is 2.42. The molecule has 0 atom stereocenters. The molecule has 5 heteroatoms. The van der Waals surface area contributed by atoms with Crippen LogP contribution in [0.2, 0.25) is 6.04 Å². The van der Waals surface area contributed by atoms with Crippen LogP contribution in [0.25, 0.3) is 0 Å². The van der Waals surface area contributed by atoms with E-state index in [9.17, 15) is 9.90 Å². The summed E-state index contributed by atoms with van der Waals surface area (Å²) in [5, 5.41) is 10.1. The van der Waals surface area contributed by atoms with E-state index in [-0.39, 0.29) is 6.04 Å². The van der Waals surface area contributed by atoms with Crippen LogP contribution in [0.4, 0.5) is 0 Å². The molecule has 19 heavy (non-hydrogen) atoms. The Balaban J connectivity index is 3.04. The topological polar surface area (TPSA) is 55.8 Å². The van der Waals surface area contributed by atoms with E-state index in [0.717, 1.165) is 18.0 Å². The van der Waals surface area contributed by atoms with E-state index < -0.39 is 14.5 Å². The van der Waals surface area contributed by atoms with E-state index in [4.69, 9.17) is 8.85 Å². The number of carbonyl (C=O) groups is 1. The van der Waals surface area contributed by atoms with Gasteiger partial charge in [-0.25, -0.2) is 0 Å². The van der Waals surface area contributed by atoms with Gasteiger partial charge >= 0.3 is 14.5 Å². The molecule has 0 aromatic heterocycles. The molecule has 1 aromatic rings. The summed E-state index contributed by atoms with van der Waals surface area (Å²) in [5.41, 5.74) is 0. The normalized spacial score (nSPS) is 11.5. The van der Waals surface area contributed by atoms with Crippen LogP contribution in [-0.4, -0.2) is 32.9 Å². The van der Waals surface area contributed by atoms with Crippen molar-refractivity contribution in [2.75, 3.05) is 13.2 Å². The SMILES string of the molecule is CCCO[Si](CC(=O)O)(OCCC)c1ccccc1. The molecule has 0 aliphatic rings. The number of rotatable bonds is 9. The fourth-order valence-electron chi connectivity index (χ4n) is 1.84. The van der Waals surface area contributed by atoms with Crippen molar-refractivity contribution in [3.8, 4) is 0 Å². The predicted octanol–water partition coefficient (Wildman–Crippen LogP) is 2.27. The van der Waals surface area contributed by atoms with Crippen molar-refractivity contribution in [3.63, 3.8) is 0 Å². The monoisotopic (exact) mass is 282 g/mol. The standard InChI is InChI=1S/C14H22O4Si/c1-3-10-17-19(12-14(15)16,18-11-4-2)13-8-6-5-7-9-13/h5-9H,3-4,10-12H2,1-2H3,(H,15,16). The average Bonchev–Trinajstić information content (AvgIpc) is 2.42. The largest absolute Gasteiger partial charge is 0.481 e. The number of carboxylic acids is 1. The lowest BCUT2D eigenvalue weighted by Gasteiger charge is -2.29. The van der Waals surface area contributed by atoms with Gasteiger partial charge in [0.15, 0.2) is 0 Å². The third-order valence-corrected chi connectivity index (χ3v) is 6.00. The third kappa shape index (κ3) is 4.78. The molecule has 1 aromatic carbocycles. The van der Waals surface area contributed by atoms with Crippen LogP contribution in [-0.2, 0) is 13.6 Å². The first kappa shape index (κ1) is 15.9. The number of carboxylic acid groups (broad SMARTS) is 1. The zero-order valence-electron chi connectivity index (χ0n) is 11.6. The van der Waals surface area contributed by atoms with Crippen LogP contribution < -0.4 is 5.19 Å². The highest BCUT2D eigenvalue weighted by molar-refractivity contribution is 6.83. The van der Waals surface area contributed by atoms with Gasteiger partial charge in [0.05, 0.1) is 6.04 Å². The van der Waals surface area contributed by atoms with Gasteiger partial charge in [0.2, 0.25) is 0 Å². The first-order valence-corrected chi connectivity index (χ1v) is 8.72. The summed E-state index contributed by atoms with van der Waals surface area (Å²) in [6.45, 7) is 5.06. The van der Waals surface area contributed by atoms with Gasteiger partial charge < -0.3 is 14.0 Å². The van der Waals surface area contributed by atoms with Crippen molar-refractivity contribution in [2.45, 2.75) is 32.7 Å². The second-order valence-corrected chi connectivity index (χ2v) is 7.40. The second kappa shape index (κ2) is 8.09. The van der Waals surface area contributed by atoms with Crippen molar-refractivity contribution in [3.05, 3.63) is 30.3 Å². The maximum Gasteiger partial charge on any atom is 0.383 e. The molecule has 0 saturated carbocycles. The molecule has 4 nitrogen and oxygen atoms in total. The molecule has 0 heterocycles. The van der Waals surface area contributed by atoms with Crippen molar-refractivity contribution in [2.24, 2.45) is 0 Å². The van der Waals surface area contributed by atoms with Crippen LogP contribution in [0, 0.1) is 0 Å². The molecule has 0 fully saturated rings. The van der Waals surface area contributed by atoms with Gasteiger partial charge in [0, 0.05) is 13.2 Å². The Morgan fingerprint density at radius 1 is 1.11 bits per heavy atom. The van der Waals surface area contributed by atoms with E-state index in [1.54, 1.807) is 0 Å². The molecule has 0 aliphatic heterocycles. The van der Waals surface area contributed by atoms with E-state index >= 15 is 0 Å². The van der Waals surface area contributed by atoms with Crippen LogP contribution in [0.3, 0.4) is 0 Å². The van der Waals surface area contributed by atoms with E-state index in [0.29, 0.717) is 13.2 Å². The second-order valence-electron chi connectivity index (χ2n) is 4.39. The minimum atomic E-state index is -2.88. The zero-order chi connectivity index (χ0) is 14.1. The van der Waals surface area contributed by atoms with Crippen molar-refractivity contribution in [1.29, 1.82) is 0 Å². The average molecular weight is 282 g/mol. The lowest BCUT2D eigenvalue weighted by molar-refractivity contribution is -0.135. The fourth-order valence-corrected chi connectivity index (χ4v) is 4.83. The maximum atomic E-state index is 11.2. The minimum Gasteiger partial charge on any atom is -0.481 e. The van der Waals surface area contributed by atoms with Crippen molar-refractivity contribution in [1.82, 2.24) is 0 Å². The predicted molar refractivity (Wildman–Crippen MR) is 76.8 cm³/mol. The third-order valence-electron chi connectivity index (χ3n) is 2.68. The van der Waals surface area contributed by atoms with Crippen molar-refractivity contribution >= 4 is 19.7 Å². The molecule has 0 unspecified atom stereocenters. The Labute approximate surface area is 115 Å². The zero-order valence-corrected chi connectivity index (χ0v) is 12.6. The van der Waals surface area contributed by atoms with Gasteiger partial charge in [-0.15, -0.1) is 0 Å². The molecule has 1 rings (SSSR count). The first-order valence-electron chi connectivity index (χ1n) is 6.70. The smallest absolute Gasteiger partial charge is 0.383 e. The number of benzene rings is 1. The summed E-state index contributed by atoms with van der Waals surface area (Å²) in [6.07, 6.45) is 1.69. The summed E-state index contributed by atoms with van der Waals surface area (Å²) >= 11 is 0. The molecule has 0 aliphatic carbocycles. The lowest BCUT2D eigenvalue weighted by Crippen LogP contribution is -2.55. The van der Waals surface area contributed by atoms with Crippen molar-refractivity contribution < 1.29 is 18.8 Å².